The zero-order chi connectivity index (χ0) is 33.1. The van der Waals surface area contributed by atoms with Crippen LogP contribution in [0.2, 0.25) is 0 Å². The average molecular weight is 628 g/mol. The Balaban J connectivity index is 1.52. The van der Waals surface area contributed by atoms with Crippen LogP contribution in [-0.4, -0.2) is 53.5 Å². The number of anilines is 1. The predicted octanol–water partition coefficient (Wildman–Crippen LogP) is 6.58. The van der Waals surface area contributed by atoms with Crippen molar-refractivity contribution in [1.82, 2.24) is 19.7 Å². The molecule has 12 heteroatoms. The Labute approximate surface area is 261 Å². The van der Waals surface area contributed by atoms with Crippen LogP contribution in [0.5, 0.6) is 0 Å². The summed E-state index contributed by atoms with van der Waals surface area (Å²) in [7, 11) is 1.75. The molecule has 1 aliphatic heterocycles. The van der Waals surface area contributed by atoms with Crippen molar-refractivity contribution in [2.45, 2.75) is 103 Å². The number of aliphatic hydroxyl groups is 1. The van der Waals surface area contributed by atoms with Gasteiger partial charge in [0, 0.05) is 30.4 Å². The summed E-state index contributed by atoms with van der Waals surface area (Å²) in [4.78, 5) is 29.9. The summed E-state index contributed by atoms with van der Waals surface area (Å²) in [5.74, 6) is -0.713. The molecular formula is C33H40F3N5O4. The third kappa shape index (κ3) is 6.43. The molecule has 1 atom stereocenters. The Morgan fingerprint density at radius 3 is 2.36 bits per heavy atom. The third-order valence-electron chi connectivity index (χ3n) is 8.67. The largest absolute Gasteiger partial charge is 0.444 e. The first-order valence-corrected chi connectivity index (χ1v) is 15.0. The maximum atomic E-state index is 14.5. The van der Waals surface area contributed by atoms with E-state index >= 15 is 0 Å². The molecule has 0 saturated heterocycles. The molecule has 1 aromatic heterocycles. The van der Waals surface area contributed by atoms with Crippen LogP contribution in [0.4, 0.5) is 23.7 Å². The molecule has 5 rings (SSSR count). The van der Waals surface area contributed by atoms with Gasteiger partial charge in [-0.25, -0.2) is 4.79 Å². The number of carbonyl (C=O) groups is 2. The molecule has 0 spiro atoms. The smallest absolute Gasteiger partial charge is 0.416 e. The van der Waals surface area contributed by atoms with E-state index in [1.54, 1.807) is 70.5 Å². The minimum Gasteiger partial charge on any atom is -0.444 e. The first-order chi connectivity index (χ1) is 20.8. The van der Waals surface area contributed by atoms with Crippen LogP contribution in [0.1, 0.15) is 105 Å². The minimum absolute atomic E-state index is 0.0551. The van der Waals surface area contributed by atoms with E-state index in [1.807, 2.05) is 6.92 Å². The Hall–Kier alpha value is -3.93. The van der Waals surface area contributed by atoms with Crippen LogP contribution in [0, 0.1) is 0 Å². The van der Waals surface area contributed by atoms with Gasteiger partial charge in [-0.15, -0.1) is 10.2 Å². The van der Waals surface area contributed by atoms with Gasteiger partial charge in [-0.2, -0.15) is 13.2 Å². The van der Waals surface area contributed by atoms with Gasteiger partial charge in [0.1, 0.15) is 17.8 Å². The summed E-state index contributed by atoms with van der Waals surface area (Å²) < 4.78 is 50.9. The molecule has 1 N–H and O–H groups in total. The van der Waals surface area contributed by atoms with Crippen molar-refractivity contribution in [3.8, 4) is 0 Å². The molecule has 242 valence electrons. The van der Waals surface area contributed by atoms with Crippen LogP contribution in [0.25, 0.3) is 0 Å². The predicted molar refractivity (Wildman–Crippen MR) is 162 cm³/mol. The number of hydrogen-bond acceptors (Lipinski definition) is 6. The fraction of sp³-hybridized carbons (Fsp3) is 0.515. The fourth-order valence-corrected chi connectivity index (χ4v) is 6.25. The molecule has 1 unspecified atom stereocenters. The lowest BCUT2D eigenvalue weighted by atomic mass is 9.77. The molecule has 3 aromatic rings. The molecule has 45 heavy (non-hydrogen) atoms. The molecule has 2 amide bonds. The number of fused-ring (bicyclic) bond motifs is 1. The Kier molecular flexibility index (Phi) is 8.04. The van der Waals surface area contributed by atoms with Crippen molar-refractivity contribution >= 4 is 17.7 Å². The van der Waals surface area contributed by atoms with Crippen LogP contribution >= 0.6 is 0 Å². The highest BCUT2D eigenvalue weighted by Crippen LogP contribution is 2.43. The SMILES string of the molecule is Cn1cnnc1C(c1cccc(N2Cc3c(cc(CN(C(=O)OC(C)(C)C)C4(C)CCC4)cc3C(F)(F)F)C2=O)c1)C(C)(C)O. The van der Waals surface area contributed by atoms with Crippen molar-refractivity contribution in [2.24, 2.45) is 7.05 Å². The average Bonchev–Trinajstić information content (AvgIpc) is 3.46. The molecule has 0 bridgehead atoms. The first-order valence-electron chi connectivity index (χ1n) is 15.0. The summed E-state index contributed by atoms with van der Waals surface area (Å²) in [6.45, 7) is 9.98. The number of halogens is 3. The van der Waals surface area contributed by atoms with Crippen LogP contribution in [0.3, 0.4) is 0 Å². The number of hydrogen-bond donors (Lipinski definition) is 1. The van der Waals surface area contributed by atoms with E-state index in [4.69, 9.17) is 4.74 Å². The van der Waals surface area contributed by atoms with Gasteiger partial charge in [0.2, 0.25) is 0 Å². The highest BCUT2D eigenvalue weighted by atomic mass is 19.4. The number of aromatic nitrogens is 3. The Bertz CT molecular complexity index is 1620. The second-order valence-electron chi connectivity index (χ2n) is 14.0. The van der Waals surface area contributed by atoms with E-state index in [-0.39, 0.29) is 29.8 Å². The van der Waals surface area contributed by atoms with Gasteiger partial charge in [0.05, 0.1) is 23.6 Å². The summed E-state index contributed by atoms with van der Waals surface area (Å²) in [6, 6.07) is 9.33. The third-order valence-corrected chi connectivity index (χ3v) is 8.67. The van der Waals surface area contributed by atoms with E-state index in [1.165, 1.54) is 22.2 Å². The van der Waals surface area contributed by atoms with E-state index in [2.05, 4.69) is 10.2 Å². The van der Waals surface area contributed by atoms with Crippen molar-refractivity contribution in [1.29, 1.82) is 0 Å². The van der Waals surface area contributed by atoms with Gasteiger partial charge in [-0.05, 0) is 102 Å². The van der Waals surface area contributed by atoms with Crippen LogP contribution in [0.15, 0.2) is 42.7 Å². The second kappa shape index (κ2) is 11.1. The van der Waals surface area contributed by atoms with Gasteiger partial charge >= 0.3 is 12.3 Å². The fourth-order valence-electron chi connectivity index (χ4n) is 6.25. The maximum absolute atomic E-state index is 14.5. The lowest BCUT2D eigenvalue weighted by Gasteiger charge is -2.47. The molecule has 2 aromatic carbocycles. The monoisotopic (exact) mass is 627 g/mol. The summed E-state index contributed by atoms with van der Waals surface area (Å²) in [5, 5.41) is 19.2. The van der Waals surface area contributed by atoms with Crippen molar-refractivity contribution in [2.75, 3.05) is 4.90 Å². The second-order valence-corrected chi connectivity index (χ2v) is 14.0. The normalized spacial score (nSPS) is 17.1. The van der Waals surface area contributed by atoms with Gasteiger partial charge in [-0.1, -0.05) is 12.1 Å². The van der Waals surface area contributed by atoms with E-state index in [0.717, 1.165) is 12.5 Å². The molecule has 1 fully saturated rings. The van der Waals surface area contributed by atoms with Crippen molar-refractivity contribution in [3.63, 3.8) is 0 Å². The quantitative estimate of drug-likeness (QED) is 0.318. The topological polar surface area (TPSA) is 101 Å². The zero-order valence-electron chi connectivity index (χ0n) is 26.7. The number of ether oxygens (including phenoxy) is 1. The van der Waals surface area contributed by atoms with Crippen LogP contribution in [-0.2, 0) is 31.1 Å². The Morgan fingerprint density at radius 1 is 1.13 bits per heavy atom. The highest BCUT2D eigenvalue weighted by Gasteiger charge is 2.44. The number of nitrogens with zero attached hydrogens (tertiary/aromatic N) is 5. The molecule has 2 aliphatic rings. The number of rotatable bonds is 7. The molecule has 9 nitrogen and oxygen atoms in total. The molecule has 1 saturated carbocycles. The van der Waals surface area contributed by atoms with Crippen molar-refractivity contribution in [3.05, 3.63) is 76.4 Å². The van der Waals surface area contributed by atoms with E-state index in [0.29, 0.717) is 29.9 Å². The number of carbonyl (C=O) groups excluding carboxylic acids is 2. The Morgan fingerprint density at radius 2 is 1.82 bits per heavy atom. The first kappa shape index (κ1) is 32.5. The van der Waals surface area contributed by atoms with E-state index in [9.17, 15) is 27.9 Å². The number of alkyl halides is 3. The maximum Gasteiger partial charge on any atom is 0.416 e. The van der Waals surface area contributed by atoms with Crippen LogP contribution < -0.4 is 4.90 Å². The summed E-state index contributed by atoms with van der Waals surface area (Å²) >= 11 is 0. The van der Waals surface area contributed by atoms with Gasteiger partial charge < -0.3 is 19.3 Å². The number of aryl methyl sites for hydroxylation is 1. The van der Waals surface area contributed by atoms with Crippen molar-refractivity contribution < 1.29 is 32.6 Å². The molecule has 0 radical (unpaired) electrons. The molecule has 1 aliphatic carbocycles. The highest BCUT2D eigenvalue weighted by molar-refractivity contribution is 6.10. The van der Waals surface area contributed by atoms with Gasteiger partial charge in [0.15, 0.2) is 0 Å². The van der Waals surface area contributed by atoms with Gasteiger partial charge in [0.25, 0.3) is 5.91 Å². The number of benzene rings is 2. The summed E-state index contributed by atoms with van der Waals surface area (Å²) in [5.41, 5.74) is -2.48. The zero-order valence-corrected chi connectivity index (χ0v) is 26.7. The van der Waals surface area contributed by atoms with E-state index < -0.39 is 46.4 Å². The lowest BCUT2D eigenvalue weighted by Crippen LogP contribution is -2.54. The lowest BCUT2D eigenvalue weighted by molar-refractivity contribution is -0.138. The molecular weight excluding hydrogens is 587 g/mol. The molecule has 2 heterocycles. The van der Waals surface area contributed by atoms with Gasteiger partial charge in [-0.3, -0.25) is 9.69 Å². The standard InChI is InChI=1S/C33H40F3N5O4/c1-30(2,3)45-29(43)41(32(6)12-9-13-32)17-20-14-23-24(25(15-20)33(34,35)36)18-40(28(23)42)22-11-8-10-21(16-22)26(31(4,5)44)27-38-37-19-39(27)7/h8,10-11,14-16,19,26,44H,9,12-13,17-18H2,1-7H3. The number of amides is 2. The minimum atomic E-state index is -4.73. The summed E-state index contributed by atoms with van der Waals surface area (Å²) in [6.07, 6.45) is -1.52.